The van der Waals surface area contributed by atoms with Crippen LogP contribution in [0.3, 0.4) is 0 Å². The Morgan fingerprint density at radius 1 is 1.19 bits per heavy atom. The van der Waals surface area contributed by atoms with Gasteiger partial charge in [0.15, 0.2) is 11.2 Å². The molecule has 0 atom stereocenters. The Kier molecular flexibility index (Phi) is 4.02. The summed E-state index contributed by atoms with van der Waals surface area (Å²) >= 11 is 0. The van der Waals surface area contributed by atoms with Crippen molar-refractivity contribution in [3.63, 3.8) is 0 Å². The van der Waals surface area contributed by atoms with Gasteiger partial charge >= 0.3 is 5.69 Å². The van der Waals surface area contributed by atoms with Gasteiger partial charge in [0.1, 0.15) is 0 Å². The number of aromatic nitrogens is 4. The molecular formula is C20H23N5O2. The maximum Gasteiger partial charge on any atom is 0.332 e. The van der Waals surface area contributed by atoms with Crippen LogP contribution in [0.25, 0.3) is 11.2 Å². The number of hydrogen-bond donors (Lipinski definition) is 0. The van der Waals surface area contributed by atoms with Crippen LogP contribution in [0.2, 0.25) is 0 Å². The van der Waals surface area contributed by atoms with E-state index < -0.39 is 0 Å². The summed E-state index contributed by atoms with van der Waals surface area (Å²) in [4.78, 5) is 32.4. The molecule has 0 saturated heterocycles. The fourth-order valence-corrected chi connectivity index (χ4v) is 3.79. The fourth-order valence-electron chi connectivity index (χ4n) is 3.79. The van der Waals surface area contributed by atoms with Gasteiger partial charge in [0.2, 0.25) is 5.95 Å². The molecule has 3 heterocycles. The minimum atomic E-state index is -0.347. The summed E-state index contributed by atoms with van der Waals surface area (Å²) in [5, 5.41) is 0. The summed E-state index contributed by atoms with van der Waals surface area (Å²) in [6.45, 7) is 7.69. The molecule has 0 aliphatic carbocycles. The van der Waals surface area contributed by atoms with E-state index in [1.54, 1.807) is 13.1 Å². The van der Waals surface area contributed by atoms with Gasteiger partial charge in [0.05, 0.1) is 0 Å². The number of rotatable bonds is 3. The monoisotopic (exact) mass is 365 g/mol. The highest BCUT2D eigenvalue weighted by molar-refractivity contribution is 5.78. The number of imidazole rings is 1. The Hall–Kier alpha value is -3.09. The van der Waals surface area contributed by atoms with Gasteiger partial charge in [-0.25, -0.2) is 4.79 Å². The van der Waals surface area contributed by atoms with Gasteiger partial charge in [-0.2, -0.15) is 4.98 Å². The van der Waals surface area contributed by atoms with Crippen LogP contribution in [0.4, 0.5) is 11.6 Å². The smallest absolute Gasteiger partial charge is 0.310 e. The normalized spacial score (nSPS) is 13.9. The summed E-state index contributed by atoms with van der Waals surface area (Å²) in [5.41, 5.74) is 3.74. The zero-order valence-electron chi connectivity index (χ0n) is 16.1. The molecule has 7 nitrogen and oxygen atoms in total. The molecule has 7 heteroatoms. The van der Waals surface area contributed by atoms with Gasteiger partial charge < -0.3 is 9.47 Å². The van der Waals surface area contributed by atoms with Crippen molar-refractivity contribution in [1.29, 1.82) is 0 Å². The van der Waals surface area contributed by atoms with E-state index >= 15 is 0 Å². The van der Waals surface area contributed by atoms with Gasteiger partial charge in [0.25, 0.3) is 5.56 Å². The van der Waals surface area contributed by atoms with Crippen LogP contribution in [0.15, 0.2) is 39.9 Å². The lowest BCUT2D eigenvalue weighted by molar-refractivity contribution is 0.661. The van der Waals surface area contributed by atoms with E-state index in [0.29, 0.717) is 23.7 Å². The van der Waals surface area contributed by atoms with Crippen LogP contribution in [0, 0.1) is 13.8 Å². The molecule has 3 aromatic rings. The molecule has 2 aromatic heterocycles. The van der Waals surface area contributed by atoms with Crippen molar-refractivity contribution in [2.75, 3.05) is 11.4 Å². The molecule has 0 saturated carbocycles. The lowest BCUT2D eigenvalue weighted by atomic mass is 10.1. The molecule has 0 radical (unpaired) electrons. The predicted molar refractivity (Wildman–Crippen MR) is 107 cm³/mol. The lowest BCUT2D eigenvalue weighted by Gasteiger charge is -2.19. The Bertz CT molecular complexity index is 1200. The van der Waals surface area contributed by atoms with Crippen molar-refractivity contribution in [3.8, 4) is 0 Å². The first-order valence-corrected chi connectivity index (χ1v) is 9.10. The molecule has 4 rings (SSSR count). The molecule has 27 heavy (non-hydrogen) atoms. The summed E-state index contributed by atoms with van der Waals surface area (Å²) in [6, 6.07) is 6.30. The SMILES string of the molecule is C/C=C/Cn1c(=O)c2c(nc3n2CCN3c2ccc(C)cc2C)n(C)c1=O. The molecule has 0 spiro atoms. The van der Waals surface area contributed by atoms with Gasteiger partial charge in [0, 0.05) is 32.4 Å². The highest BCUT2D eigenvalue weighted by atomic mass is 16.2. The van der Waals surface area contributed by atoms with Crippen molar-refractivity contribution >= 4 is 22.8 Å². The highest BCUT2D eigenvalue weighted by Crippen LogP contribution is 2.33. The average molecular weight is 365 g/mol. The predicted octanol–water partition coefficient (Wildman–Crippen LogP) is 2.24. The molecule has 1 aliphatic rings. The van der Waals surface area contributed by atoms with Crippen molar-refractivity contribution in [1.82, 2.24) is 18.7 Å². The molecule has 0 amide bonds. The van der Waals surface area contributed by atoms with Crippen LogP contribution in [-0.2, 0) is 20.1 Å². The van der Waals surface area contributed by atoms with E-state index in [2.05, 4.69) is 41.9 Å². The zero-order valence-corrected chi connectivity index (χ0v) is 16.1. The number of hydrogen-bond acceptors (Lipinski definition) is 4. The Labute approximate surface area is 156 Å². The Morgan fingerprint density at radius 2 is 1.96 bits per heavy atom. The maximum atomic E-state index is 13.0. The minimum Gasteiger partial charge on any atom is -0.310 e. The van der Waals surface area contributed by atoms with Gasteiger partial charge in [-0.15, -0.1) is 0 Å². The zero-order chi connectivity index (χ0) is 19.3. The van der Waals surface area contributed by atoms with E-state index in [4.69, 9.17) is 0 Å². The number of fused-ring (bicyclic) bond motifs is 3. The van der Waals surface area contributed by atoms with Gasteiger partial charge in [-0.05, 0) is 32.4 Å². The molecule has 0 N–H and O–H groups in total. The minimum absolute atomic E-state index is 0.263. The van der Waals surface area contributed by atoms with Gasteiger partial charge in [-0.3, -0.25) is 13.9 Å². The van der Waals surface area contributed by atoms with Crippen LogP contribution in [0.1, 0.15) is 18.1 Å². The standard InChI is InChI=1S/C20H23N5O2/c1-5-6-9-25-18(26)16-17(22(4)20(25)27)21-19-23(10-11-24(16)19)15-8-7-13(2)12-14(15)3/h5-8,12H,9-11H2,1-4H3/b6-5+. The number of nitrogens with zero attached hydrogens (tertiary/aromatic N) is 5. The molecule has 0 bridgehead atoms. The van der Waals surface area contributed by atoms with Crippen molar-refractivity contribution < 1.29 is 0 Å². The van der Waals surface area contributed by atoms with Crippen LogP contribution < -0.4 is 16.1 Å². The molecule has 0 unspecified atom stereocenters. The van der Waals surface area contributed by atoms with Gasteiger partial charge in [-0.1, -0.05) is 29.8 Å². The summed E-state index contributed by atoms with van der Waals surface area (Å²) in [6.07, 6.45) is 3.64. The van der Waals surface area contributed by atoms with Crippen LogP contribution in [-0.4, -0.2) is 25.2 Å². The van der Waals surface area contributed by atoms with Crippen molar-refractivity contribution in [3.05, 3.63) is 62.3 Å². The van der Waals surface area contributed by atoms with E-state index in [1.807, 2.05) is 17.6 Å². The summed E-state index contributed by atoms with van der Waals surface area (Å²) in [7, 11) is 1.67. The highest BCUT2D eigenvalue weighted by Gasteiger charge is 2.29. The van der Waals surface area contributed by atoms with Crippen LogP contribution in [0.5, 0.6) is 0 Å². The number of benzene rings is 1. The molecule has 140 valence electrons. The molecular weight excluding hydrogens is 342 g/mol. The largest absolute Gasteiger partial charge is 0.332 e. The first kappa shape index (κ1) is 17.3. The third-order valence-corrected chi connectivity index (χ3v) is 5.17. The lowest BCUT2D eigenvalue weighted by Crippen LogP contribution is -2.39. The molecule has 1 aliphatic heterocycles. The fraction of sp³-hybridized carbons (Fsp3) is 0.350. The van der Waals surface area contributed by atoms with Crippen molar-refractivity contribution in [2.45, 2.75) is 33.9 Å². The molecule has 0 fully saturated rings. The first-order chi connectivity index (χ1) is 12.9. The summed E-state index contributed by atoms with van der Waals surface area (Å²) in [5.74, 6) is 0.716. The third-order valence-electron chi connectivity index (χ3n) is 5.17. The quantitative estimate of drug-likeness (QED) is 0.668. The number of aryl methyl sites for hydroxylation is 3. The van der Waals surface area contributed by atoms with E-state index in [-0.39, 0.29) is 17.8 Å². The van der Waals surface area contributed by atoms with Crippen LogP contribution >= 0.6 is 0 Å². The number of anilines is 2. The van der Waals surface area contributed by atoms with E-state index in [1.165, 1.54) is 14.7 Å². The maximum absolute atomic E-state index is 13.0. The van der Waals surface area contributed by atoms with Crippen molar-refractivity contribution in [2.24, 2.45) is 7.05 Å². The second-order valence-electron chi connectivity index (χ2n) is 7.00. The first-order valence-electron chi connectivity index (χ1n) is 9.10. The Balaban J connectivity index is 1.95. The third kappa shape index (κ3) is 2.53. The second kappa shape index (κ2) is 6.26. The summed E-state index contributed by atoms with van der Waals surface area (Å²) < 4.78 is 4.66. The number of allylic oxidation sites excluding steroid dienone is 2. The Morgan fingerprint density at radius 3 is 2.67 bits per heavy atom. The second-order valence-corrected chi connectivity index (χ2v) is 7.00. The topological polar surface area (TPSA) is 65.1 Å². The molecule has 1 aromatic carbocycles. The van der Waals surface area contributed by atoms with E-state index in [0.717, 1.165) is 17.8 Å². The van der Waals surface area contributed by atoms with E-state index in [9.17, 15) is 9.59 Å². The average Bonchev–Trinajstić information content (AvgIpc) is 3.19.